The third-order valence-electron chi connectivity index (χ3n) is 5.40. The summed E-state index contributed by atoms with van der Waals surface area (Å²) in [5.74, 6) is -0.0706. The van der Waals surface area contributed by atoms with Gasteiger partial charge in [-0.05, 0) is 53.1 Å². The molecule has 0 saturated carbocycles. The Morgan fingerprint density at radius 1 is 0.966 bits per heavy atom. The quantitative estimate of drug-likeness (QED) is 0.693. The molecule has 1 amide bonds. The average molecular weight is 383 g/mol. The van der Waals surface area contributed by atoms with Crippen LogP contribution in [0.3, 0.4) is 0 Å². The molecular weight excluding hydrogens is 362 g/mol. The lowest BCUT2D eigenvalue weighted by Crippen LogP contribution is -2.36. The number of hydrogen-bond acceptors (Lipinski definition) is 4. The second kappa shape index (κ2) is 7.53. The number of rotatable bonds is 3. The van der Waals surface area contributed by atoms with Gasteiger partial charge in [0, 0.05) is 42.4 Å². The molecule has 0 radical (unpaired) electrons. The van der Waals surface area contributed by atoms with Gasteiger partial charge in [-0.1, -0.05) is 24.3 Å². The minimum atomic E-state index is -0.0706. The summed E-state index contributed by atoms with van der Waals surface area (Å²) in [6, 6.07) is 18.2. The average Bonchev–Trinajstić information content (AvgIpc) is 3.10. The van der Waals surface area contributed by atoms with Gasteiger partial charge in [0.1, 0.15) is 0 Å². The largest absolute Gasteiger partial charge is 0.378 e. The molecular formula is C24H21N3O2. The molecule has 2 aliphatic rings. The van der Waals surface area contributed by atoms with Crippen molar-refractivity contribution in [2.45, 2.75) is 0 Å². The number of carbonyl (C=O) groups is 1. The van der Waals surface area contributed by atoms with Gasteiger partial charge in [-0.15, -0.1) is 0 Å². The van der Waals surface area contributed by atoms with Crippen LogP contribution in [0.5, 0.6) is 0 Å². The van der Waals surface area contributed by atoms with Crippen molar-refractivity contribution >= 4 is 28.9 Å². The number of nitrogens with zero attached hydrogens (tertiary/aromatic N) is 2. The Hall–Kier alpha value is -3.44. The van der Waals surface area contributed by atoms with E-state index in [1.54, 1.807) is 12.4 Å². The van der Waals surface area contributed by atoms with E-state index in [1.807, 2.05) is 36.4 Å². The number of nitrogens with one attached hydrogen (secondary N) is 1. The molecule has 1 aromatic heterocycles. The summed E-state index contributed by atoms with van der Waals surface area (Å²) in [7, 11) is 0. The molecule has 0 spiro atoms. The number of hydrogen-bond donors (Lipinski definition) is 1. The molecule has 3 aromatic rings. The van der Waals surface area contributed by atoms with Crippen molar-refractivity contribution in [3.8, 4) is 11.1 Å². The molecule has 1 N–H and O–H groups in total. The molecule has 2 aliphatic heterocycles. The first kappa shape index (κ1) is 17.6. The predicted octanol–water partition coefficient (Wildman–Crippen LogP) is 4.08. The van der Waals surface area contributed by atoms with Crippen LogP contribution in [0.25, 0.3) is 22.8 Å². The second-order valence-corrected chi connectivity index (χ2v) is 7.17. The molecule has 1 fully saturated rings. The summed E-state index contributed by atoms with van der Waals surface area (Å²) in [6.45, 7) is 3.35. The van der Waals surface area contributed by atoms with Gasteiger partial charge in [0.05, 0.1) is 18.8 Å². The number of ether oxygens (including phenoxy) is 1. The van der Waals surface area contributed by atoms with Crippen molar-refractivity contribution in [1.29, 1.82) is 0 Å². The second-order valence-electron chi connectivity index (χ2n) is 7.17. The molecule has 0 atom stereocenters. The van der Waals surface area contributed by atoms with Crippen molar-refractivity contribution < 1.29 is 9.53 Å². The Labute approximate surface area is 169 Å². The van der Waals surface area contributed by atoms with E-state index in [1.165, 1.54) is 5.69 Å². The van der Waals surface area contributed by atoms with Gasteiger partial charge in [0.25, 0.3) is 5.91 Å². The van der Waals surface area contributed by atoms with Crippen LogP contribution in [-0.4, -0.2) is 37.2 Å². The molecule has 29 heavy (non-hydrogen) atoms. The first-order valence-electron chi connectivity index (χ1n) is 9.79. The maximum absolute atomic E-state index is 12.7. The fourth-order valence-corrected chi connectivity index (χ4v) is 3.93. The Bertz CT molecular complexity index is 1070. The highest BCUT2D eigenvalue weighted by atomic mass is 16.5. The Balaban J connectivity index is 1.51. The normalized spacial score (nSPS) is 17.3. The molecule has 5 rings (SSSR count). The van der Waals surface area contributed by atoms with Gasteiger partial charge in [-0.2, -0.15) is 0 Å². The lowest BCUT2D eigenvalue weighted by Gasteiger charge is -2.28. The smallest absolute Gasteiger partial charge is 0.256 e. The number of pyridine rings is 1. The summed E-state index contributed by atoms with van der Waals surface area (Å²) < 4.78 is 5.43. The number of anilines is 2. The molecule has 3 heterocycles. The van der Waals surface area contributed by atoms with Crippen molar-refractivity contribution in [2.75, 3.05) is 36.5 Å². The number of fused-ring (bicyclic) bond motifs is 1. The topological polar surface area (TPSA) is 54.5 Å². The maximum atomic E-state index is 12.7. The molecule has 0 aliphatic carbocycles. The van der Waals surface area contributed by atoms with E-state index >= 15 is 0 Å². The third kappa shape index (κ3) is 3.41. The van der Waals surface area contributed by atoms with E-state index in [-0.39, 0.29) is 5.91 Å². The predicted molar refractivity (Wildman–Crippen MR) is 116 cm³/mol. The number of morpholine rings is 1. The van der Waals surface area contributed by atoms with E-state index in [0.29, 0.717) is 5.57 Å². The summed E-state index contributed by atoms with van der Waals surface area (Å²) in [5, 5.41) is 3.00. The Kier molecular flexibility index (Phi) is 4.58. The van der Waals surface area contributed by atoms with Gasteiger partial charge in [-0.3, -0.25) is 9.78 Å². The Morgan fingerprint density at radius 2 is 1.72 bits per heavy atom. The van der Waals surface area contributed by atoms with E-state index in [2.05, 4.69) is 39.5 Å². The molecule has 1 saturated heterocycles. The van der Waals surface area contributed by atoms with E-state index < -0.39 is 0 Å². The number of benzene rings is 2. The van der Waals surface area contributed by atoms with Gasteiger partial charge in [-0.25, -0.2) is 0 Å². The van der Waals surface area contributed by atoms with Crippen LogP contribution in [0.4, 0.5) is 11.4 Å². The van der Waals surface area contributed by atoms with E-state index in [4.69, 9.17) is 4.74 Å². The monoisotopic (exact) mass is 383 g/mol. The lowest BCUT2D eigenvalue weighted by atomic mass is 9.94. The molecule has 5 heteroatoms. The van der Waals surface area contributed by atoms with Gasteiger partial charge in [0.15, 0.2) is 0 Å². The maximum Gasteiger partial charge on any atom is 0.256 e. The van der Waals surface area contributed by atoms with E-state index in [9.17, 15) is 4.79 Å². The summed E-state index contributed by atoms with van der Waals surface area (Å²) >= 11 is 0. The third-order valence-corrected chi connectivity index (χ3v) is 5.40. The van der Waals surface area contributed by atoms with Crippen molar-refractivity contribution in [3.05, 3.63) is 78.1 Å². The standard InChI is InChI=1S/C24H21N3O2/c28-24-21(16-17-4-6-19(7-5-17)27-12-14-29-15-13-27)23-20(2-1-3-22(23)26-24)18-8-10-25-11-9-18/h1-11,16H,12-15H2,(H,26,28)/b21-16-. The SMILES string of the molecule is O=C1Nc2cccc(-c3ccncc3)c2/C1=C/c1ccc(N2CCOCC2)cc1. The van der Waals surface area contributed by atoms with Crippen molar-refractivity contribution in [2.24, 2.45) is 0 Å². The fraction of sp³-hybridized carbons (Fsp3) is 0.167. The first-order valence-corrected chi connectivity index (χ1v) is 9.79. The summed E-state index contributed by atoms with van der Waals surface area (Å²) in [6.07, 6.45) is 5.51. The zero-order chi connectivity index (χ0) is 19.6. The number of amides is 1. The van der Waals surface area contributed by atoms with Crippen LogP contribution in [0, 0.1) is 0 Å². The molecule has 0 unspecified atom stereocenters. The highest BCUT2D eigenvalue weighted by molar-refractivity contribution is 6.36. The van der Waals surface area contributed by atoms with Crippen LogP contribution < -0.4 is 10.2 Å². The lowest BCUT2D eigenvalue weighted by molar-refractivity contribution is -0.110. The van der Waals surface area contributed by atoms with Crippen LogP contribution >= 0.6 is 0 Å². The molecule has 2 aromatic carbocycles. The van der Waals surface area contributed by atoms with Crippen LogP contribution in [-0.2, 0) is 9.53 Å². The summed E-state index contributed by atoms with van der Waals surface area (Å²) in [5.41, 5.74) is 6.74. The number of aromatic nitrogens is 1. The van der Waals surface area contributed by atoms with Gasteiger partial charge in [0.2, 0.25) is 0 Å². The molecule has 5 nitrogen and oxygen atoms in total. The van der Waals surface area contributed by atoms with Crippen LogP contribution in [0.1, 0.15) is 11.1 Å². The molecule has 144 valence electrons. The van der Waals surface area contributed by atoms with Crippen molar-refractivity contribution in [1.82, 2.24) is 4.98 Å². The van der Waals surface area contributed by atoms with Gasteiger partial charge < -0.3 is 15.0 Å². The van der Waals surface area contributed by atoms with Crippen LogP contribution in [0.15, 0.2) is 67.0 Å². The minimum Gasteiger partial charge on any atom is -0.378 e. The van der Waals surface area contributed by atoms with Crippen LogP contribution in [0.2, 0.25) is 0 Å². The summed E-state index contributed by atoms with van der Waals surface area (Å²) in [4.78, 5) is 19.1. The van der Waals surface area contributed by atoms with E-state index in [0.717, 1.165) is 54.2 Å². The fourth-order valence-electron chi connectivity index (χ4n) is 3.93. The zero-order valence-electron chi connectivity index (χ0n) is 16.0. The molecule has 0 bridgehead atoms. The minimum absolute atomic E-state index is 0.0706. The highest BCUT2D eigenvalue weighted by Gasteiger charge is 2.27. The highest BCUT2D eigenvalue weighted by Crippen LogP contribution is 2.40. The number of carbonyl (C=O) groups excluding carboxylic acids is 1. The van der Waals surface area contributed by atoms with Crippen molar-refractivity contribution in [3.63, 3.8) is 0 Å². The van der Waals surface area contributed by atoms with Gasteiger partial charge >= 0.3 is 0 Å². The Morgan fingerprint density at radius 3 is 2.48 bits per heavy atom. The first-order chi connectivity index (χ1) is 14.3. The zero-order valence-corrected chi connectivity index (χ0v) is 16.0.